The van der Waals surface area contributed by atoms with Gasteiger partial charge in [-0.25, -0.2) is 0 Å². The molecule has 0 saturated heterocycles. The van der Waals surface area contributed by atoms with Gasteiger partial charge in [0.1, 0.15) is 0 Å². The van der Waals surface area contributed by atoms with Crippen LogP contribution in [0.3, 0.4) is 0 Å². The van der Waals surface area contributed by atoms with Crippen LogP contribution in [0.5, 0.6) is 0 Å². The first kappa shape index (κ1) is 16.7. The zero-order valence-corrected chi connectivity index (χ0v) is 12.1. The lowest BCUT2D eigenvalue weighted by Crippen LogP contribution is -1.82. The van der Waals surface area contributed by atoms with Crippen molar-refractivity contribution in [3.63, 3.8) is 0 Å². The van der Waals surface area contributed by atoms with Gasteiger partial charge in [0.05, 0.1) is 0 Å². The zero-order chi connectivity index (χ0) is 12.6. The molecule has 0 bridgehead atoms. The highest BCUT2D eigenvalue weighted by Crippen LogP contribution is 2.12. The molecule has 101 valence electrons. The highest BCUT2D eigenvalue weighted by atomic mass is 14.0. The second-order valence-corrected chi connectivity index (χ2v) is 5.24. The largest absolute Gasteiger partial charge is 0.0956 e. The van der Waals surface area contributed by atoms with Crippen molar-refractivity contribution in [1.82, 2.24) is 0 Å². The van der Waals surface area contributed by atoms with Gasteiger partial charge in [-0.2, -0.15) is 0 Å². The van der Waals surface area contributed by atoms with Crippen LogP contribution in [0.15, 0.2) is 6.58 Å². The summed E-state index contributed by atoms with van der Waals surface area (Å²) in [6, 6.07) is 0. The van der Waals surface area contributed by atoms with Crippen LogP contribution < -0.4 is 0 Å². The molecule has 0 amide bonds. The van der Waals surface area contributed by atoms with E-state index in [9.17, 15) is 0 Å². The van der Waals surface area contributed by atoms with Crippen LogP contribution in [0.4, 0.5) is 0 Å². The van der Waals surface area contributed by atoms with Crippen LogP contribution in [0.1, 0.15) is 96.8 Å². The Morgan fingerprint density at radius 2 is 0.941 bits per heavy atom. The molecule has 0 saturated carbocycles. The van der Waals surface area contributed by atoms with E-state index in [2.05, 4.69) is 19.6 Å². The lowest BCUT2D eigenvalue weighted by atomic mass is 10.0. The molecule has 0 heterocycles. The predicted octanol–water partition coefficient (Wildman–Crippen LogP) is 6.46. The quantitative estimate of drug-likeness (QED) is 0.304. The Kier molecular flexibility index (Phi) is 15.5. The summed E-state index contributed by atoms with van der Waals surface area (Å²) in [5.41, 5.74) is 0. The Morgan fingerprint density at radius 1 is 0.588 bits per heavy atom. The Bertz CT molecular complexity index is 137. The molecule has 0 aliphatic carbocycles. The number of hydrogen-bond donors (Lipinski definition) is 0. The number of rotatable bonds is 14. The van der Waals surface area contributed by atoms with Crippen molar-refractivity contribution in [1.29, 1.82) is 0 Å². The van der Waals surface area contributed by atoms with Crippen LogP contribution in [0.2, 0.25) is 0 Å². The first-order valence-electron chi connectivity index (χ1n) is 7.91. The zero-order valence-electron chi connectivity index (χ0n) is 12.1. The summed E-state index contributed by atoms with van der Waals surface area (Å²) in [7, 11) is 0. The molecule has 0 fully saturated rings. The van der Waals surface area contributed by atoms with Crippen molar-refractivity contribution in [2.75, 3.05) is 0 Å². The maximum absolute atomic E-state index is 3.63. The van der Waals surface area contributed by atoms with Crippen molar-refractivity contribution in [2.24, 2.45) is 0 Å². The van der Waals surface area contributed by atoms with E-state index >= 15 is 0 Å². The van der Waals surface area contributed by atoms with E-state index in [1.165, 1.54) is 83.5 Å². The monoisotopic (exact) mass is 237 g/mol. The van der Waals surface area contributed by atoms with Crippen molar-refractivity contribution in [3.8, 4) is 0 Å². The van der Waals surface area contributed by atoms with E-state index in [1.807, 2.05) is 0 Å². The average Bonchev–Trinajstić information content (AvgIpc) is 2.35. The van der Waals surface area contributed by atoms with Gasteiger partial charge >= 0.3 is 0 Å². The molecular formula is C17H33. The second-order valence-electron chi connectivity index (χ2n) is 5.24. The van der Waals surface area contributed by atoms with Crippen molar-refractivity contribution < 1.29 is 0 Å². The molecule has 0 spiro atoms. The van der Waals surface area contributed by atoms with E-state index in [4.69, 9.17) is 0 Å². The van der Waals surface area contributed by atoms with E-state index < -0.39 is 0 Å². The van der Waals surface area contributed by atoms with Gasteiger partial charge in [0, 0.05) is 0 Å². The van der Waals surface area contributed by atoms with Gasteiger partial charge in [0.2, 0.25) is 0 Å². The Morgan fingerprint density at radius 3 is 1.29 bits per heavy atom. The average molecular weight is 237 g/mol. The van der Waals surface area contributed by atoms with E-state index in [1.54, 1.807) is 0 Å². The van der Waals surface area contributed by atoms with Gasteiger partial charge in [-0.1, -0.05) is 96.6 Å². The Labute approximate surface area is 110 Å². The topological polar surface area (TPSA) is 0 Å². The Hall–Kier alpha value is -0.260. The standard InChI is InChI=1S/C17H33/c1-3-5-7-9-11-13-15-17-16-14-12-10-8-6-4-2/h1,4-17H2,2H3. The summed E-state index contributed by atoms with van der Waals surface area (Å²) in [6.45, 7) is 5.91. The molecule has 0 aliphatic heterocycles. The molecule has 0 nitrogen and oxygen atoms in total. The minimum atomic E-state index is 1.08. The number of unbranched alkanes of at least 4 members (excludes halogenated alkanes) is 13. The molecule has 17 heavy (non-hydrogen) atoms. The fraction of sp³-hybridized carbons (Fsp3) is 0.882. The molecule has 0 aromatic carbocycles. The van der Waals surface area contributed by atoms with Gasteiger partial charge in [-0.3, -0.25) is 0 Å². The van der Waals surface area contributed by atoms with E-state index in [0.29, 0.717) is 0 Å². The van der Waals surface area contributed by atoms with Crippen LogP contribution >= 0.6 is 0 Å². The van der Waals surface area contributed by atoms with Crippen LogP contribution in [-0.4, -0.2) is 0 Å². The highest BCUT2D eigenvalue weighted by Gasteiger charge is 1.93. The summed E-state index contributed by atoms with van der Waals surface area (Å²) in [5, 5.41) is 0. The minimum Gasteiger partial charge on any atom is -0.0956 e. The summed E-state index contributed by atoms with van der Waals surface area (Å²) < 4.78 is 0. The lowest BCUT2D eigenvalue weighted by molar-refractivity contribution is 0.540. The summed E-state index contributed by atoms with van der Waals surface area (Å²) in [4.78, 5) is 0. The smallest absolute Gasteiger partial charge is 0.0282 e. The normalized spacial score (nSPS) is 10.6. The van der Waals surface area contributed by atoms with Gasteiger partial charge in [0.25, 0.3) is 0 Å². The summed E-state index contributed by atoms with van der Waals surface area (Å²) in [6.07, 6.45) is 22.6. The third-order valence-electron chi connectivity index (χ3n) is 3.46. The van der Waals surface area contributed by atoms with Crippen molar-refractivity contribution >= 4 is 0 Å². The molecule has 0 atom stereocenters. The summed E-state index contributed by atoms with van der Waals surface area (Å²) >= 11 is 0. The minimum absolute atomic E-state index is 1.08. The fourth-order valence-corrected chi connectivity index (χ4v) is 2.27. The molecule has 0 rings (SSSR count). The SMILES string of the molecule is C=[C]CCCCCCCCCCCCCCC. The molecule has 0 aromatic rings. The van der Waals surface area contributed by atoms with Gasteiger partial charge in [0.15, 0.2) is 0 Å². The molecule has 0 unspecified atom stereocenters. The van der Waals surface area contributed by atoms with Crippen LogP contribution in [0.25, 0.3) is 0 Å². The summed E-state index contributed by atoms with van der Waals surface area (Å²) in [5.74, 6) is 0. The van der Waals surface area contributed by atoms with Gasteiger partial charge < -0.3 is 0 Å². The molecule has 0 heteroatoms. The molecule has 1 radical (unpaired) electrons. The first-order chi connectivity index (χ1) is 8.41. The predicted molar refractivity (Wildman–Crippen MR) is 79.2 cm³/mol. The molecule has 0 N–H and O–H groups in total. The number of allylic oxidation sites excluding steroid dienone is 1. The third kappa shape index (κ3) is 15.7. The van der Waals surface area contributed by atoms with Crippen LogP contribution in [-0.2, 0) is 0 Å². The molecular weight excluding hydrogens is 204 g/mol. The van der Waals surface area contributed by atoms with Crippen molar-refractivity contribution in [3.05, 3.63) is 12.7 Å². The third-order valence-corrected chi connectivity index (χ3v) is 3.46. The van der Waals surface area contributed by atoms with Crippen molar-refractivity contribution in [2.45, 2.75) is 96.8 Å². The van der Waals surface area contributed by atoms with E-state index in [0.717, 1.165) is 6.42 Å². The maximum Gasteiger partial charge on any atom is -0.0282 e. The lowest BCUT2D eigenvalue weighted by Gasteiger charge is -2.02. The highest BCUT2D eigenvalue weighted by molar-refractivity contribution is 4.55. The van der Waals surface area contributed by atoms with Gasteiger partial charge in [-0.05, 0) is 12.8 Å². The fourth-order valence-electron chi connectivity index (χ4n) is 2.27. The first-order valence-corrected chi connectivity index (χ1v) is 7.91. The molecule has 0 aromatic heterocycles. The number of hydrogen-bond acceptors (Lipinski definition) is 0. The van der Waals surface area contributed by atoms with E-state index in [-0.39, 0.29) is 0 Å². The maximum atomic E-state index is 3.63. The van der Waals surface area contributed by atoms with Crippen LogP contribution in [0, 0.1) is 6.08 Å². The Balaban J connectivity index is 2.87. The van der Waals surface area contributed by atoms with Gasteiger partial charge in [-0.15, -0.1) is 0 Å². The second kappa shape index (κ2) is 15.7. The molecule has 0 aliphatic rings.